The van der Waals surface area contributed by atoms with E-state index < -0.39 is 0 Å². The summed E-state index contributed by atoms with van der Waals surface area (Å²) in [5.74, 6) is 0. The zero-order valence-electron chi connectivity index (χ0n) is 9.11. The van der Waals surface area contributed by atoms with Crippen molar-refractivity contribution in [1.82, 2.24) is 20.2 Å². The molecule has 17 heavy (non-hydrogen) atoms. The van der Waals surface area contributed by atoms with Crippen LogP contribution in [0.5, 0.6) is 0 Å². The summed E-state index contributed by atoms with van der Waals surface area (Å²) in [6, 6.07) is 8.07. The summed E-state index contributed by atoms with van der Waals surface area (Å²) < 4.78 is 0. The Labute approximate surface area is 103 Å². The Morgan fingerprint density at radius 2 is 2.18 bits per heavy atom. The molecule has 0 unspecified atom stereocenters. The molecule has 0 radical (unpaired) electrons. The van der Waals surface area contributed by atoms with Crippen molar-refractivity contribution in [2.45, 2.75) is 0 Å². The predicted molar refractivity (Wildman–Crippen MR) is 70.3 cm³/mol. The van der Waals surface area contributed by atoms with Crippen LogP contribution in [0.4, 0.5) is 0 Å². The summed E-state index contributed by atoms with van der Waals surface area (Å²) in [4.78, 5) is 8.39. The molecular formula is C11H8BClN4. The molecule has 4 nitrogen and oxygen atoms in total. The van der Waals surface area contributed by atoms with E-state index in [2.05, 4.69) is 26.2 Å². The number of hydrogen-bond donors (Lipinski definition) is 1. The van der Waals surface area contributed by atoms with E-state index in [9.17, 15) is 0 Å². The highest BCUT2D eigenvalue weighted by Gasteiger charge is 2.10. The second-order valence-electron chi connectivity index (χ2n) is 3.83. The minimum Gasteiger partial charge on any atom is -0.259 e. The van der Waals surface area contributed by atoms with Gasteiger partial charge in [-0.15, -0.1) is 0 Å². The Morgan fingerprint density at radius 1 is 1.29 bits per heavy atom. The molecule has 0 saturated heterocycles. The highest BCUT2D eigenvalue weighted by atomic mass is 35.5. The quantitative estimate of drug-likeness (QED) is 0.646. The first-order valence-corrected chi connectivity index (χ1v) is 5.55. The first kappa shape index (κ1) is 10.3. The Balaban J connectivity index is 2.27. The molecule has 0 amide bonds. The van der Waals surface area contributed by atoms with Crippen LogP contribution in [-0.2, 0) is 0 Å². The van der Waals surface area contributed by atoms with Crippen molar-refractivity contribution in [3.63, 3.8) is 0 Å². The SMILES string of the molecule is Bc1cccc(-c2n[nH]c3ncc(Cl)nc23)c1. The van der Waals surface area contributed by atoms with Crippen molar-refractivity contribution < 1.29 is 0 Å². The molecular weight excluding hydrogens is 234 g/mol. The maximum Gasteiger partial charge on any atom is 0.174 e. The van der Waals surface area contributed by atoms with Crippen LogP contribution in [0.1, 0.15) is 0 Å². The van der Waals surface area contributed by atoms with E-state index in [-0.39, 0.29) is 0 Å². The number of aromatic amines is 1. The number of nitrogens with one attached hydrogen (secondary N) is 1. The lowest BCUT2D eigenvalue weighted by atomic mass is 9.94. The Bertz CT molecular complexity index is 695. The van der Waals surface area contributed by atoms with Crippen LogP contribution in [0, 0.1) is 0 Å². The number of nitrogens with zero attached hydrogens (tertiary/aromatic N) is 3. The standard InChI is InChI=1S/C11H8BClN4/c12-7-3-1-2-6(4-7)9-10-11(17-16-9)14-5-8(13)15-10/h1-5H,12H2,(H,14,16,17). The molecule has 1 aromatic carbocycles. The smallest absolute Gasteiger partial charge is 0.174 e. The average molecular weight is 242 g/mol. The number of benzene rings is 1. The molecule has 2 heterocycles. The monoisotopic (exact) mass is 242 g/mol. The van der Waals surface area contributed by atoms with Gasteiger partial charge < -0.3 is 0 Å². The van der Waals surface area contributed by atoms with Crippen LogP contribution in [0.15, 0.2) is 30.5 Å². The topological polar surface area (TPSA) is 54.5 Å². The molecule has 82 valence electrons. The lowest BCUT2D eigenvalue weighted by Crippen LogP contribution is -2.00. The van der Waals surface area contributed by atoms with Gasteiger partial charge in [-0.1, -0.05) is 41.3 Å². The number of rotatable bonds is 1. The summed E-state index contributed by atoms with van der Waals surface area (Å²) in [6.45, 7) is 0. The third-order valence-corrected chi connectivity index (χ3v) is 2.71. The molecule has 0 fully saturated rings. The normalized spacial score (nSPS) is 10.9. The first-order chi connectivity index (χ1) is 8.24. The van der Waals surface area contributed by atoms with E-state index in [4.69, 9.17) is 11.6 Å². The Hall–Kier alpha value is -1.88. The molecule has 1 N–H and O–H groups in total. The molecule has 0 spiro atoms. The summed E-state index contributed by atoms with van der Waals surface area (Å²) in [6.07, 6.45) is 1.50. The van der Waals surface area contributed by atoms with Gasteiger partial charge in [-0.2, -0.15) is 5.10 Å². The molecule has 0 aliphatic rings. The van der Waals surface area contributed by atoms with Gasteiger partial charge in [0.25, 0.3) is 0 Å². The highest BCUT2D eigenvalue weighted by molar-refractivity contribution is 6.32. The van der Waals surface area contributed by atoms with Crippen LogP contribution in [0.25, 0.3) is 22.4 Å². The fourth-order valence-electron chi connectivity index (χ4n) is 1.77. The summed E-state index contributed by atoms with van der Waals surface area (Å²) in [5, 5.41) is 7.46. The first-order valence-electron chi connectivity index (χ1n) is 5.18. The number of fused-ring (bicyclic) bond motifs is 1. The van der Waals surface area contributed by atoms with Crippen LogP contribution in [-0.4, -0.2) is 28.0 Å². The lowest BCUT2D eigenvalue weighted by molar-refractivity contribution is 1.10. The fourth-order valence-corrected chi connectivity index (χ4v) is 1.90. The van der Waals surface area contributed by atoms with E-state index >= 15 is 0 Å². The minimum atomic E-state index is 0.368. The third-order valence-electron chi connectivity index (χ3n) is 2.53. The molecule has 3 rings (SSSR count). The molecule has 3 aromatic rings. The van der Waals surface area contributed by atoms with Gasteiger partial charge in [-0.05, 0) is 0 Å². The van der Waals surface area contributed by atoms with E-state index in [0.29, 0.717) is 16.3 Å². The maximum absolute atomic E-state index is 5.85. The van der Waals surface area contributed by atoms with Gasteiger partial charge in [0.1, 0.15) is 24.2 Å². The number of H-pyrrole nitrogens is 1. The largest absolute Gasteiger partial charge is 0.259 e. The second-order valence-corrected chi connectivity index (χ2v) is 4.22. The van der Waals surface area contributed by atoms with Crippen molar-refractivity contribution >= 4 is 36.1 Å². The molecule has 0 saturated carbocycles. The molecule has 0 aliphatic carbocycles. The minimum absolute atomic E-state index is 0.368. The summed E-state index contributed by atoms with van der Waals surface area (Å²) >= 11 is 5.85. The Morgan fingerprint density at radius 3 is 3.00 bits per heavy atom. The van der Waals surface area contributed by atoms with Crippen molar-refractivity contribution in [2.24, 2.45) is 0 Å². The predicted octanol–water partition coefficient (Wildman–Crippen LogP) is 0.932. The molecule has 2 aromatic heterocycles. The highest BCUT2D eigenvalue weighted by Crippen LogP contribution is 2.23. The van der Waals surface area contributed by atoms with Gasteiger partial charge >= 0.3 is 0 Å². The third kappa shape index (κ3) is 1.78. The molecule has 0 aliphatic heterocycles. The average Bonchev–Trinajstić information content (AvgIpc) is 2.71. The van der Waals surface area contributed by atoms with Crippen molar-refractivity contribution in [2.75, 3.05) is 0 Å². The van der Waals surface area contributed by atoms with Crippen LogP contribution >= 0.6 is 11.6 Å². The van der Waals surface area contributed by atoms with Crippen molar-refractivity contribution in [3.8, 4) is 11.3 Å². The van der Waals surface area contributed by atoms with Crippen LogP contribution in [0.3, 0.4) is 0 Å². The van der Waals surface area contributed by atoms with Gasteiger partial charge in [0.2, 0.25) is 0 Å². The lowest BCUT2D eigenvalue weighted by Gasteiger charge is -1.98. The van der Waals surface area contributed by atoms with Gasteiger partial charge in [-0.25, -0.2) is 9.97 Å². The number of aromatic nitrogens is 4. The summed E-state index contributed by atoms with van der Waals surface area (Å²) in [5.41, 5.74) is 4.30. The van der Waals surface area contributed by atoms with E-state index in [1.54, 1.807) is 0 Å². The zero-order chi connectivity index (χ0) is 11.8. The molecule has 0 bridgehead atoms. The molecule has 6 heteroatoms. The number of halogens is 1. The van der Waals surface area contributed by atoms with Gasteiger partial charge in [-0.3, -0.25) is 5.10 Å². The number of hydrogen-bond acceptors (Lipinski definition) is 3. The van der Waals surface area contributed by atoms with Crippen molar-refractivity contribution in [1.29, 1.82) is 0 Å². The maximum atomic E-state index is 5.85. The molecule has 0 atom stereocenters. The Kier molecular flexibility index (Phi) is 2.33. The fraction of sp³-hybridized carbons (Fsp3) is 0. The zero-order valence-corrected chi connectivity index (χ0v) is 9.86. The van der Waals surface area contributed by atoms with Crippen molar-refractivity contribution in [3.05, 3.63) is 35.6 Å². The van der Waals surface area contributed by atoms with E-state index in [1.807, 2.05) is 26.0 Å². The van der Waals surface area contributed by atoms with Crippen LogP contribution < -0.4 is 5.46 Å². The van der Waals surface area contributed by atoms with E-state index in [0.717, 1.165) is 11.3 Å². The summed E-state index contributed by atoms with van der Waals surface area (Å²) in [7, 11) is 2.04. The second kappa shape index (κ2) is 3.85. The van der Waals surface area contributed by atoms with Gasteiger partial charge in [0, 0.05) is 5.56 Å². The van der Waals surface area contributed by atoms with E-state index in [1.165, 1.54) is 11.7 Å². The van der Waals surface area contributed by atoms with Crippen LogP contribution in [0.2, 0.25) is 5.15 Å². The van der Waals surface area contributed by atoms with Gasteiger partial charge in [0.15, 0.2) is 5.65 Å². The van der Waals surface area contributed by atoms with Gasteiger partial charge in [0.05, 0.1) is 6.20 Å².